The number of para-hydroxylation sites is 2. The highest BCUT2D eigenvalue weighted by molar-refractivity contribution is 5.58. The first-order valence-corrected chi connectivity index (χ1v) is 4.40. The number of fused-ring (bicyclic) bond motifs is 1. The van der Waals surface area contributed by atoms with Crippen LogP contribution in [-0.4, -0.2) is 12.1 Å². The van der Waals surface area contributed by atoms with Crippen LogP contribution in [0.2, 0.25) is 0 Å². The molecule has 0 amide bonds. The highest BCUT2D eigenvalue weighted by Crippen LogP contribution is 2.45. The number of ether oxygens (including phenoxy) is 1. The number of hydrogen-bond acceptors (Lipinski definition) is 2. The van der Waals surface area contributed by atoms with Crippen molar-refractivity contribution in [3.8, 4) is 5.75 Å². The van der Waals surface area contributed by atoms with Gasteiger partial charge in [-0.05, 0) is 25.0 Å². The Kier molecular flexibility index (Phi) is 1.03. The van der Waals surface area contributed by atoms with Gasteiger partial charge in [-0.2, -0.15) is 0 Å². The smallest absolute Gasteiger partial charge is 0.143 e. The zero-order valence-electron chi connectivity index (χ0n) is 6.84. The predicted octanol–water partition coefficient (Wildman–Crippen LogP) is 2.02. The Morgan fingerprint density at radius 1 is 1.25 bits per heavy atom. The molecule has 0 atom stereocenters. The number of nitrogens with one attached hydrogen (secondary N) is 1. The topological polar surface area (TPSA) is 21.3 Å². The fraction of sp³-hybridized carbons (Fsp3) is 0.400. The van der Waals surface area contributed by atoms with E-state index in [1.54, 1.807) is 0 Å². The molecule has 2 nitrogen and oxygen atoms in total. The van der Waals surface area contributed by atoms with E-state index in [0.717, 1.165) is 18.0 Å². The molecule has 1 fully saturated rings. The maximum Gasteiger partial charge on any atom is 0.143 e. The third-order valence-electron chi connectivity index (χ3n) is 2.62. The molecular formula is C10H11NO. The zero-order valence-corrected chi connectivity index (χ0v) is 6.84. The van der Waals surface area contributed by atoms with E-state index in [1.165, 1.54) is 12.8 Å². The maximum absolute atomic E-state index is 5.87. The number of benzene rings is 1. The van der Waals surface area contributed by atoms with Crippen molar-refractivity contribution in [1.29, 1.82) is 0 Å². The van der Waals surface area contributed by atoms with Crippen LogP contribution in [0.3, 0.4) is 0 Å². The van der Waals surface area contributed by atoms with Gasteiger partial charge in [0.05, 0.1) is 12.2 Å². The summed E-state index contributed by atoms with van der Waals surface area (Å²) < 4.78 is 5.87. The van der Waals surface area contributed by atoms with Crippen molar-refractivity contribution in [2.75, 3.05) is 11.9 Å². The first-order chi connectivity index (χ1) is 5.88. The number of rotatable bonds is 0. The first-order valence-electron chi connectivity index (χ1n) is 4.40. The molecule has 1 N–H and O–H groups in total. The summed E-state index contributed by atoms with van der Waals surface area (Å²) in [4.78, 5) is 0. The summed E-state index contributed by atoms with van der Waals surface area (Å²) in [5, 5.41) is 3.39. The van der Waals surface area contributed by atoms with Crippen molar-refractivity contribution in [3.05, 3.63) is 24.3 Å². The fourth-order valence-electron chi connectivity index (χ4n) is 1.65. The second-order valence-corrected chi connectivity index (χ2v) is 3.63. The largest absolute Gasteiger partial charge is 0.483 e. The van der Waals surface area contributed by atoms with E-state index in [4.69, 9.17) is 4.74 Å². The summed E-state index contributed by atoms with van der Waals surface area (Å²) in [6.45, 7) is 0.976. The van der Waals surface area contributed by atoms with Gasteiger partial charge in [-0.1, -0.05) is 12.1 Å². The van der Waals surface area contributed by atoms with Crippen molar-refractivity contribution in [1.82, 2.24) is 0 Å². The van der Waals surface area contributed by atoms with Crippen molar-refractivity contribution in [2.24, 2.45) is 0 Å². The Morgan fingerprint density at radius 2 is 2.08 bits per heavy atom. The lowest BCUT2D eigenvalue weighted by molar-refractivity contribution is 0.184. The van der Waals surface area contributed by atoms with Crippen molar-refractivity contribution >= 4 is 5.69 Å². The van der Waals surface area contributed by atoms with Crippen LogP contribution in [0.25, 0.3) is 0 Å². The maximum atomic E-state index is 5.87. The van der Waals surface area contributed by atoms with Crippen LogP contribution in [0.1, 0.15) is 12.8 Å². The Morgan fingerprint density at radius 3 is 2.92 bits per heavy atom. The molecule has 2 heteroatoms. The first kappa shape index (κ1) is 6.35. The molecule has 62 valence electrons. The van der Waals surface area contributed by atoms with Crippen molar-refractivity contribution in [2.45, 2.75) is 18.4 Å². The molecule has 0 bridgehead atoms. The third-order valence-corrected chi connectivity index (χ3v) is 2.62. The van der Waals surface area contributed by atoms with E-state index < -0.39 is 0 Å². The van der Waals surface area contributed by atoms with E-state index in [2.05, 4.69) is 11.4 Å². The van der Waals surface area contributed by atoms with Crippen LogP contribution < -0.4 is 10.1 Å². The summed E-state index contributed by atoms with van der Waals surface area (Å²) in [6, 6.07) is 8.13. The Bertz CT molecular complexity index is 317. The molecule has 0 radical (unpaired) electrons. The Hall–Kier alpha value is -1.18. The second-order valence-electron chi connectivity index (χ2n) is 3.63. The van der Waals surface area contributed by atoms with Crippen LogP contribution in [0.4, 0.5) is 5.69 Å². The molecule has 1 aliphatic carbocycles. The Balaban J connectivity index is 2.01. The van der Waals surface area contributed by atoms with E-state index in [0.29, 0.717) is 0 Å². The minimum atomic E-state index is 0.161. The van der Waals surface area contributed by atoms with E-state index in [9.17, 15) is 0 Å². The fourth-order valence-corrected chi connectivity index (χ4v) is 1.65. The lowest BCUT2D eigenvalue weighted by atomic mass is 10.2. The quantitative estimate of drug-likeness (QED) is 0.628. The average Bonchev–Trinajstić information content (AvgIpc) is 2.85. The molecule has 0 saturated heterocycles. The van der Waals surface area contributed by atoms with Gasteiger partial charge in [0, 0.05) is 0 Å². The molecule has 2 aliphatic rings. The van der Waals surface area contributed by atoms with Gasteiger partial charge in [0.25, 0.3) is 0 Å². The molecule has 12 heavy (non-hydrogen) atoms. The monoisotopic (exact) mass is 161 g/mol. The van der Waals surface area contributed by atoms with E-state index >= 15 is 0 Å². The van der Waals surface area contributed by atoms with Gasteiger partial charge in [0.2, 0.25) is 0 Å². The highest BCUT2D eigenvalue weighted by Gasteiger charge is 2.47. The minimum Gasteiger partial charge on any atom is -0.483 e. The van der Waals surface area contributed by atoms with Gasteiger partial charge in [0.1, 0.15) is 11.4 Å². The summed E-state index contributed by atoms with van der Waals surface area (Å²) in [5.74, 6) is 1.02. The number of hydrogen-bond donors (Lipinski definition) is 1. The lowest BCUT2D eigenvalue weighted by Gasteiger charge is -2.27. The molecule has 1 aromatic carbocycles. The summed E-state index contributed by atoms with van der Waals surface area (Å²) >= 11 is 0. The summed E-state index contributed by atoms with van der Waals surface area (Å²) in [5.41, 5.74) is 1.30. The second kappa shape index (κ2) is 1.94. The van der Waals surface area contributed by atoms with E-state index in [-0.39, 0.29) is 5.60 Å². The molecule has 1 aliphatic heterocycles. The molecule has 3 rings (SSSR count). The third kappa shape index (κ3) is 0.809. The van der Waals surface area contributed by atoms with Gasteiger partial charge < -0.3 is 10.1 Å². The molecule has 1 spiro atoms. The van der Waals surface area contributed by atoms with Gasteiger partial charge in [-0.3, -0.25) is 0 Å². The highest BCUT2D eigenvalue weighted by atomic mass is 16.5. The van der Waals surface area contributed by atoms with Crippen molar-refractivity contribution < 1.29 is 4.74 Å². The molecule has 1 saturated carbocycles. The SMILES string of the molecule is c1ccc2c(c1)NCC1(CC1)O2. The Labute approximate surface area is 71.5 Å². The van der Waals surface area contributed by atoms with Crippen LogP contribution in [0.5, 0.6) is 5.75 Å². The molecule has 0 unspecified atom stereocenters. The van der Waals surface area contributed by atoms with Gasteiger partial charge in [0.15, 0.2) is 0 Å². The van der Waals surface area contributed by atoms with Gasteiger partial charge >= 0.3 is 0 Å². The standard InChI is InChI=1S/C10H11NO/c1-2-4-9-8(3-1)11-7-10(12-9)5-6-10/h1-4,11H,5-7H2. The normalized spacial score (nSPS) is 22.3. The van der Waals surface area contributed by atoms with Crippen LogP contribution >= 0.6 is 0 Å². The van der Waals surface area contributed by atoms with Crippen molar-refractivity contribution in [3.63, 3.8) is 0 Å². The summed E-state index contributed by atoms with van der Waals surface area (Å²) in [6.07, 6.45) is 2.41. The molecule has 1 aromatic rings. The van der Waals surface area contributed by atoms with Crippen LogP contribution in [0, 0.1) is 0 Å². The van der Waals surface area contributed by atoms with Gasteiger partial charge in [-0.15, -0.1) is 0 Å². The molecular weight excluding hydrogens is 150 g/mol. The zero-order chi connectivity index (χ0) is 8.02. The molecule has 0 aromatic heterocycles. The molecule has 1 heterocycles. The van der Waals surface area contributed by atoms with Crippen LogP contribution in [-0.2, 0) is 0 Å². The lowest BCUT2D eigenvalue weighted by Crippen LogP contribution is -2.32. The van der Waals surface area contributed by atoms with Gasteiger partial charge in [-0.25, -0.2) is 0 Å². The average molecular weight is 161 g/mol. The predicted molar refractivity (Wildman–Crippen MR) is 47.5 cm³/mol. The van der Waals surface area contributed by atoms with Crippen LogP contribution in [0.15, 0.2) is 24.3 Å². The number of anilines is 1. The minimum absolute atomic E-state index is 0.161. The van der Waals surface area contributed by atoms with E-state index in [1.807, 2.05) is 18.2 Å². The summed E-state index contributed by atoms with van der Waals surface area (Å²) in [7, 11) is 0.